The zero-order chi connectivity index (χ0) is 27.7. The van der Waals surface area contributed by atoms with Crippen molar-refractivity contribution in [2.45, 2.75) is 19.0 Å². The van der Waals surface area contributed by atoms with Gasteiger partial charge >= 0.3 is 6.18 Å². The lowest BCUT2D eigenvalue weighted by Crippen LogP contribution is -2.08. The predicted octanol–water partition coefficient (Wildman–Crippen LogP) is 10.4. The summed E-state index contributed by atoms with van der Waals surface area (Å²) >= 11 is 0. The van der Waals surface area contributed by atoms with Gasteiger partial charge in [-0.15, -0.1) is 6.58 Å². The number of allylic oxidation sites excluding steroid dienone is 1. The Morgan fingerprint density at radius 3 is 1.92 bits per heavy atom. The quantitative estimate of drug-likeness (QED) is 0.151. The molecule has 0 nitrogen and oxygen atoms in total. The lowest BCUT2D eigenvalue weighted by Gasteiger charge is -2.15. The van der Waals surface area contributed by atoms with Crippen molar-refractivity contribution in [3.8, 4) is 33.4 Å². The number of alkyl halides is 3. The monoisotopic (exact) mass is 532 g/mol. The van der Waals surface area contributed by atoms with Gasteiger partial charge in [0, 0.05) is 5.56 Å². The molecule has 5 aromatic rings. The van der Waals surface area contributed by atoms with Gasteiger partial charge in [0.15, 0.2) is 0 Å². The van der Waals surface area contributed by atoms with E-state index >= 15 is 13.2 Å². The van der Waals surface area contributed by atoms with E-state index in [1.165, 1.54) is 23.8 Å². The van der Waals surface area contributed by atoms with Crippen molar-refractivity contribution in [3.63, 3.8) is 0 Å². The highest BCUT2D eigenvalue weighted by Crippen LogP contribution is 2.40. The van der Waals surface area contributed by atoms with Crippen molar-refractivity contribution in [1.29, 1.82) is 0 Å². The Morgan fingerprint density at radius 2 is 1.23 bits per heavy atom. The Labute approximate surface area is 221 Å². The summed E-state index contributed by atoms with van der Waals surface area (Å²) in [6, 6.07) is 22.1. The normalized spacial score (nSPS) is 11.6. The summed E-state index contributed by atoms with van der Waals surface area (Å²) in [5.74, 6) is -3.14. The average molecular weight is 533 g/mol. The molecule has 0 aliphatic carbocycles. The van der Waals surface area contributed by atoms with Crippen LogP contribution in [0.15, 0.2) is 104 Å². The summed E-state index contributed by atoms with van der Waals surface area (Å²) in [5, 5.41) is 2.04. The molecule has 0 atom stereocenters. The molecule has 0 radical (unpaired) electrons. The minimum absolute atomic E-state index is 0.0696. The standard InChI is InChI=1S/C33H22F6/c1-2-3-6-20-9-10-22-16-23(12-11-21(22)15-20)24-13-14-26(29(34)17-24)25-18-30(35)32(31(36)19-25)27-7-4-5-8-28(27)33(37,38)39/h2,4-5,7-19H,1,3,6H2. The molecule has 0 fully saturated rings. The fourth-order valence-electron chi connectivity index (χ4n) is 4.76. The molecule has 0 spiro atoms. The predicted molar refractivity (Wildman–Crippen MR) is 144 cm³/mol. The number of benzene rings is 5. The molecule has 0 amide bonds. The van der Waals surface area contributed by atoms with Gasteiger partial charge in [-0.25, -0.2) is 13.2 Å². The van der Waals surface area contributed by atoms with Crippen LogP contribution in [-0.4, -0.2) is 0 Å². The number of fused-ring (bicyclic) bond motifs is 1. The van der Waals surface area contributed by atoms with Gasteiger partial charge in [0.05, 0.1) is 11.1 Å². The fourth-order valence-corrected chi connectivity index (χ4v) is 4.76. The molecular weight excluding hydrogens is 510 g/mol. The van der Waals surface area contributed by atoms with Crippen molar-refractivity contribution >= 4 is 10.8 Å². The molecule has 0 N–H and O–H groups in total. The Morgan fingerprint density at radius 1 is 0.615 bits per heavy atom. The van der Waals surface area contributed by atoms with Crippen LogP contribution in [-0.2, 0) is 12.6 Å². The summed E-state index contributed by atoms with van der Waals surface area (Å²) in [7, 11) is 0. The number of aryl methyl sites for hydroxylation is 1. The zero-order valence-corrected chi connectivity index (χ0v) is 20.6. The van der Waals surface area contributed by atoms with Crippen LogP contribution in [0.5, 0.6) is 0 Å². The van der Waals surface area contributed by atoms with Gasteiger partial charge < -0.3 is 0 Å². The van der Waals surface area contributed by atoms with Crippen molar-refractivity contribution in [3.05, 3.63) is 132 Å². The summed E-state index contributed by atoms with van der Waals surface area (Å²) in [6.07, 6.45) is -1.15. The summed E-state index contributed by atoms with van der Waals surface area (Å²) in [6.45, 7) is 3.75. The number of hydrogen-bond donors (Lipinski definition) is 0. The molecule has 0 saturated carbocycles. The van der Waals surface area contributed by atoms with Gasteiger partial charge in [-0.1, -0.05) is 66.7 Å². The molecule has 0 unspecified atom stereocenters. The molecule has 0 aliphatic rings. The highest BCUT2D eigenvalue weighted by Gasteiger charge is 2.34. The Kier molecular flexibility index (Phi) is 7.04. The first-order chi connectivity index (χ1) is 18.7. The van der Waals surface area contributed by atoms with Crippen LogP contribution in [0, 0.1) is 17.5 Å². The van der Waals surface area contributed by atoms with E-state index in [-0.39, 0.29) is 11.1 Å². The smallest absolute Gasteiger partial charge is 0.206 e. The van der Waals surface area contributed by atoms with Crippen LogP contribution in [0.2, 0.25) is 0 Å². The van der Waals surface area contributed by atoms with Crippen molar-refractivity contribution in [2.75, 3.05) is 0 Å². The first kappa shape index (κ1) is 26.3. The number of rotatable bonds is 6. The number of halogens is 6. The lowest BCUT2D eigenvalue weighted by molar-refractivity contribution is -0.137. The van der Waals surface area contributed by atoms with E-state index in [1.807, 2.05) is 36.4 Å². The molecule has 5 aromatic carbocycles. The molecule has 0 saturated heterocycles. The second kappa shape index (κ2) is 10.4. The van der Waals surface area contributed by atoms with Crippen LogP contribution in [0.4, 0.5) is 26.3 Å². The molecule has 0 bridgehead atoms. The SMILES string of the molecule is C=CCCc1ccc2cc(-c3ccc(-c4cc(F)c(-c5ccccc5C(F)(F)F)c(F)c4)c(F)c3)ccc2c1. The van der Waals surface area contributed by atoms with Gasteiger partial charge in [0.1, 0.15) is 17.5 Å². The second-order valence-corrected chi connectivity index (χ2v) is 9.28. The van der Waals surface area contributed by atoms with Gasteiger partial charge in [0.2, 0.25) is 0 Å². The van der Waals surface area contributed by atoms with Crippen LogP contribution < -0.4 is 0 Å². The van der Waals surface area contributed by atoms with Crippen molar-refractivity contribution < 1.29 is 26.3 Å². The van der Waals surface area contributed by atoms with E-state index in [9.17, 15) is 13.2 Å². The third-order valence-electron chi connectivity index (χ3n) is 6.70. The first-order valence-electron chi connectivity index (χ1n) is 12.3. The highest BCUT2D eigenvalue weighted by atomic mass is 19.4. The third kappa shape index (κ3) is 5.32. The van der Waals surface area contributed by atoms with E-state index in [1.54, 1.807) is 6.07 Å². The molecule has 196 valence electrons. The summed E-state index contributed by atoms with van der Waals surface area (Å²) in [4.78, 5) is 0. The first-order valence-corrected chi connectivity index (χ1v) is 12.3. The number of hydrogen-bond acceptors (Lipinski definition) is 0. The summed E-state index contributed by atoms with van der Waals surface area (Å²) in [5.41, 5.74) is -0.243. The van der Waals surface area contributed by atoms with Gasteiger partial charge in [-0.3, -0.25) is 0 Å². The molecule has 39 heavy (non-hydrogen) atoms. The van der Waals surface area contributed by atoms with E-state index < -0.39 is 40.3 Å². The van der Waals surface area contributed by atoms with Gasteiger partial charge in [-0.05, 0) is 81.8 Å². The Hall–Kier alpha value is -4.32. The molecule has 0 aromatic heterocycles. The minimum atomic E-state index is -4.80. The zero-order valence-electron chi connectivity index (χ0n) is 20.6. The van der Waals surface area contributed by atoms with Gasteiger partial charge in [0.25, 0.3) is 0 Å². The minimum Gasteiger partial charge on any atom is -0.206 e. The maximum absolute atomic E-state index is 15.2. The van der Waals surface area contributed by atoms with Crippen LogP contribution in [0.3, 0.4) is 0 Å². The Bertz CT molecular complexity index is 1670. The molecule has 6 heteroatoms. The Balaban J connectivity index is 1.48. The topological polar surface area (TPSA) is 0 Å². The van der Waals surface area contributed by atoms with E-state index in [0.29, 0.717) is 5.56 Å². The fraction of sp³-hybridized carbons (Fsp3) is 0.0909. The van der Waals surface area contributed by atoms with Crippen LogP contribution >= 0.6 is 0 Å². The molecule has 5 rings (SSSR count). The van der Waals surface area contributed by atoms with Gasteiger partial charge in [-0.2, -0.15) is 13.2 Å². The van der Waals surface area contributed by atoms with Crippen molar-refractivity contribution in [2.24, 2.45) is 0 Å². The summed E-state index contributed by atoms with van der Waals surface area (Å²) < 4.78 is 85.6. The van der Waals surface area contributed by atoms with E-state index in [0.717, 1.165) is 59.5 Å². The largest absolute Gasteiger partial charge is 0.417 e. The average Bonchev–Trinajstić information content (AvgIpc) is 2.90. The van der Waals surface area contributed by atoms with Crippen LogP contribution in [0.25, 0.3) is 44.2 Å². The molecule has 0 heterocycles. The third-order valence-corrected chi connectivity index (χ3v) is 6.70. The van der Waals surface area contributed by atoms with E-state index in [2.05, 4.69) is 12.6 Å². The lowest BCUT2D eigenvalue weighted by atomic mass is 9.94. The second-order valence-electron chi connectivity index (χ2n) is 9.28. The van der Waals surface area contributed by atoms with E-state index in [4.69, 9.17) is 0 Å². The highest BCUT2D eigenvalue weighted by molar-refractivity contribution is 5.88. The maximum atomic E-state index is 15.2. The maximum Gasteiger partial charge on any atom is 0.417 e. The molecular formula is C33H22F6. The van der Waals surface area contributed by atoms with Crippen LogP contribution in [0.1, 0.15) is 17.5 Å². The molecule has 0 aliphatic heterocycles. The van der Waals surface area contributed by atoms with Crippen molar-refractivity contribution in [1.82, 2.24) is 0 Å².